The largest absolute Gasteiger partial charge is 1.00 e. The van der Waals surface area contributed by atoms with Crippen LogP contribution in [0.15, 0.2) is 24.3 Å². The molecule has 0 aliphatic carbocycles. The first-order valence-corrected chi connectivity index (χ1v) is 3.16. The molecule has 0 unspecified atom stereocenters. The van der Waals surface area contributed by atoms with Crippen LogP contribution < -0.4 is 24.0 Å². The van der Waals surface area contributed by atoms with E-state index < -0.39 is 11.9 Å². The molecule has 0 atom stereocenters. The summed E-state index contributed by atoms with van der Waals surface area (Å²) in [6.07, 6.45) is 0. The van der Waals surface area contributed by atoms with Crippen LogP contribution in [0.5, 0.6) is 0 Å². The molecule has 1 rings (SSSR count). The van der Waals surface area contributed by atoms with Gasteiger partial charge in [-0.2, -0.15) is 0 Å². The van der Waals surface area contributed by atoms with E-state index in [9.17, 15) is 14.7 Å². The Labute approximate surface area is 86.4 Å². The molecular formula is C8H5LiO4. The fourth-order valence-electron chi connectivity index (χ4n) is 0.779. The Kier molecular flexibility index (Phi) is 4.25. The van der Waals surface area contributed by atoms with Crippen molar-refractivity contribution in [2.24, 2.45) is 0 Å². The zero-order chi connectivity index (χ0) is 9.14. The van der Waals surface area contributed by atoms with Gasteiger partial charge in [-0.25, -0.2) is 4.79 Å². The van der Waals surface area contributed by atoms with Gasteiger partial charge in [-0.3, -0.25) is 0 Å². The molecule has 0 aliphatic heterocycles. The summed E-state index contributed by atoms with van der Waals surface area (Å²) in [5, 5.41) is 18.7. The topological polar surface area (TPSA) is 77.4 Å². The van der Waals surface area contributed by atoms with Crippen molar-refractivity contribution in [2.75, 3.05) is 0 Å². The van der Waals surface area contributed by atoms with E-state index in [-0.39, 0.29) is 30.0 Å². The first-order chi connectivity index (χ1) is 5.61. The Morgan fingerprint density at radius 1 is 1.23 bits per heavy atom. The van der Waals surface area contributed by atoms with E-state index in [1.807, 2.05) is 0 Å². The van der Waals surface area contributed by atoms with Crippen LogP contribution in [0.25, 0.3) is 0 Å². The van der Waals surface area contributed by atoms with Crippen molar-refractivity contribution < 1.29 is 38.7 Å². The summed E-state index contributed by atoms with van der Waals surface area (Å²) in [6, 6.07) is 5.00. The van der Waals surface area contributed by atoms with Crippen molar-refractivity contribution in [1.29, 1.82) is 0 Å². The number of hydrogen-bond acceptors (Lipinski definition) is 3. The monoisotopic (exact) mass is 172 g/mol. The molecule has 0 amide bonds. The summed E-state index contributed by atoms with van der Waals surface area (Å²) in [6.45, 7) is 0. The van der Waals surface area contributed by atoms with Gasteiger partial charge in [0.2, 0.25) is 0 Å². The van der Waals surface area contributed by atoms with Crippen molar-refractivity contribution in [1.82, 2.24) is 0 Å². The summed E-state index contributed by atoms with van der Waals surface area (Å²) < 4.78 is 0. The van der Waals surface area contributed by atoms with Gasteiger partial charge in [0.15, 0.2) is 0 Å². The zero-order valence-electron chi connectivity index (χ0n) is 6.98. The van der Waals surface area contributed by atoms with E-state index in [4.69, 9.17) is 5.11 Å². The van der Waals surface area contributed by atoms with Gasteiger partial charge in [0.05, 0.1) is 11.5 Å². The molecule has 1 N–H and O–H groups in total. The molecule has 0 fully saturated rings. The van der Waals surface area contributed by atoms with Crippen LogP contribution >= 0.6 is 0 Å². The van der Waals surface area contributed by atoms with Gasteiger partial charge in [-0.1, -0.05) is 12.1 Å². The third kappa shape index (κ3) is 2.94. The fourth-order valence-corrected chi connectivity index (χ4v) is 0.779. The van der Waals surface area contributed by atoms with Gasteiger partial charge < -0.3 is 15.0 Å². The van der Waals surface area contributed by atoms with Gasteiger partial charge in [-0.15, -0.1) is 0 Å². The standard InChI is InChI=1S/C8H6O4.Li/c9-7(10)5-2-1-3-6(4-5)8(11)12;/h1-4H,(H,9,10)(H,11,12);/q;+1/p-1. The van der Waals surface area contributed by atoms with Gasteiger partial charge in [-0.05, 0) is 17.7 Å². The molecule has 0 saturated heterocycles. The SMILES string of the molecule is O=C([O-])c1cccc(C(=O)O)c1.[Li+]. The van der Waals surface area contributed by atoms with Crippen LogP contribution in [0, 0.1) is 0 Å². The normalized spacial score (nSPS) is 8.62. The minimum absolute atomic E-state index is 0. The molecule has 0 aromatic heterocycles. The second-order valence-corrected chi connectivity index (χ2v) is 2.17. The van der Waals surface area contributed by atoms with E-state index in [0.29, 0.717) is 0 Å². The summed E-state index contributed by atoms with van der Waals surface area (Å²) in [4.78, 5) is 20.6. The average molecular weight is 172 g/mol. The minimum Gasteiger partial charge on any atom is -0.545 e. The molecule has 1 aromatic carbocycles. The molecule has 0 aliphatic rings. The molecule has 0 spiro atoms. The number of carboxylic acid groups (broad SMARTS) is 2. The van der Waals surface area contributed by atoms with E-state index in [0.717, 1.165) is 6.07 Å². The van der Waals surface area contributed by atoms with Crippen molar-refractivity contribution in [3.8, 4) is 0 Å². The van der Waals surface area contributed by atoms with Gasteiger partial charge >= 0.3 is 24.8 Å². The Morgan fingerprint density at radius 3 is 2.23 bits per heavy atom. The van der Waals surface area contributed by atoms with Gasteiger partial charge in [0.1, 0.15) is 0 Å². The first-order valence-electron chi connectivity index (χ1n) is 3.16. The number of benzene rings is 1. The molecular weight excluding hydrogens is 167 g/mol. The average Bonchev–Trinajstić information content (AvgIpc) is 2.04. The molecule has 13 heavy (non-hydrogen) atoms. The maximum atomic E-state index is 10.4. The summed E-state index contributed by atoms with van der Waals surface area (Å²) in [5.74, 6) is -2.53. The minimum atomic E-state index is -1.38. The van der Waals surface area contributed by atoms with Crippen LogP contribution in [0.3, 0.4) is 0 Å². The third-order valence-corrected chi connectivity index (χ3v) is 1.35. The van der Waals surface area contributed by atoms with E-state index >= 15 is 0 Å². The predicted molar refractivity (Wildman–Crippen MR) is 37.7 cm³/mol. The molecule has 0 bridgehead atoms. The van der Waals surface area contributed by atoms with Crippen LogP contribution in [0.4, 0.5) is 0 Å². The summed E-state index contributed by atoms with van der Waals surface area (Å²) in [5.41, 5.74) is -0.188. The number of carbonyl (C=O) groups excluding carboxylic acids is 1. The fraction of sp³-hybridized carbons (Fsp3) is 0. The van der Waals surface area contributed by atoms with Crippen molar-refractivity contribution in [3.05, 3.63) is 35.4 Å². The third-order valence-electron chi connectivity index (χ3n) is 1.35. The molecule has 1 aromatic rings. The number of aromatic carboxylic acids is 2. The number of carbonyl (C=O) groups is 2. The van der Waals surface area contributed by atoms with Crippen molar-refractivity contribution in [3.63, 3.8) is 0 Å². The smallest absolute Gasteiger partial charge is 0.545 e. The van der Waals surface area contributed by atoms with Crippen LogP contribution in [0.1, 0.15) is 20.7 Å². The second-order valence-electron chi connectivity index (χ2n) is 2.17. The second kappa shape index (κ2) is 4.70. The first kappa shape index (κ1) is 11.8. The van der Waals surface area contributed by atoms with Crippen molar-refractivity contribution >= 4 is 11.9 Å². The van der Waals surface area contributed by atoms with Gasteiger partial charge in [0, 0.05) is 0 Å². The summed E-state index contributed by atoms with van der Waals surface area (Å²) >= 11 is 0. The van der Waals surface area contributed by atoms with E-state index in [1.165, 1.54) is 18.2 Å². The van der Waals surface area contributed by atoms with Crippen molar-refractivity contribution in [2.45, 2.75) is 0 Å². The number of hydrogen-bond donors (Lipinski definition) is 1. The number of rotatable bonds is 2. The van der Waals surface area contributed by atoms with Crippen LogP contribution in [-0.4, -0.2) is 17.0 Å². The summed E-state index contributed by atoms with van der Waals surface area (Å²) in [7, 11) is 0. The predicted octanol–water partition coefficient (Wildman–Crippen LogP) is -3.25. The molecule has 0 saturated carbocycles. The van der Waals surface area contributed by atoms with E-state index in [2.05, 4.69) is 0 Å². The Bertz CT molecular complexity index is 305. The zero-order valence-corrected chi connectivity index (χ0v) is 6.98. The van der Waals surface area contributed by atoms with Crippen LogP contribution in [-0.2, 0) is 0 Å². The van der Waals surface area contributed by atoms with Crippen LogP contribution in [0.2, 0.25) is 0 Å². The van der Waals surface area contributed by atoms with E-state index in [1.54, 1.807) is 0 Å². The maximum absolute atomic E-state index is 10.4. The molecule has 62 valence electrons. The molecule has 0 heterocycles. The number of carboxylic acids is 2. The maximum Gasteiger partial charge on any atom is 1.00 e. The van der Waals surface area contributed by atoms with Gasteiger partial charge in [0.25, 0.3) is 0 Å². The molecule has 4 nitrogen and oxygen atoms in total. The Morgan fingerprint density at radius 2 is 1.77 bits per heavy atom. The quantitative estimate of drug-likeness (QED) is 0.475. The molecule has 5 heteroatoms. The Balaban J connectivity index is 0.00000144. The molecule has 0 radical (unpaired) electrons. The Hall–Kier alpha value is -1.24.